The van der Waals surface area contributed by atoms with Crippen molar-refractivity contribution in [3.63, 3.8) is 0 Å². The average Bonchev–Trinajstić information content (AvgIpc) is 3.27. The predicted molar refractivity (Wildman–Crippen MR) is 99.9 cm³/mol. The number of hydrogen-bond donors (Lipinski definition) is 0. The van der Waals surface area contributed by atoms with E-state index in [0.29, 0.717) is 12.6 Å². The highest BCUT2D eigenvalue weighted by atomic mass is 16.5. The maximum atomic E-state index is 5.51. The van der Waals surface area contributed by atoms with Crippen molar-refractivity contribution in [1.29, 1.82) is 0 Å². The molecule has 0 aliphatic rings. The highest BCUT2D eigenvalue weighted by molar-refractivity contribution is 5.37. The minimum atomic E-state index is 0.357. The Morgan fingerprint density at radius 2 is 2.08 bits per heavy atom. The third-order valence-electron chi connectivity index (χ3n) is 4.30. The fourth-order valence-electron chi connectivity index (χ4n) is 3.04. The minimum absolute atomic E-state index is 0.357. The molecule has 2 aromatic heterocycles. The largest absolute Gasteiger partial charge is 0.496 e. The van der Waals surface area contributed by atoms with Crippen molar-refractivity contribution in [3.8, 4) is 5.75 Å². The van der Waals surface area contributed by atoms with Gasteiger partial charge in [-0.25, -0.2) is 0 Å². The van der Waals surface area contributed by atoms with Crippen LogP contribution in [0.2, 0.25) is 0 Å². The molecule has 0 amide bonds. The summed E-state index contributed by atoms with van der Waals surface area (Å²) in [5, 5.41) is 12.6. The number of nitrogens with zero attached hydrogens (tertiary/aromatic N) is 6. The van der Waals surface area contributed by atoms with Gasteiger partial charge in [0, 0.05) is 30.5 Å². The number of aromatic nitrogens is 5. The smallest absolute Gasteiger partial charge is 0.147 e. The van der Waals surface area contributed by atoms with Gasteiger partial charge in [-0.15, -0.1) is 10.2 Å². The maximum absolute atomic E-state index is 5.51. The summed E-state index contributed by atoms with van der Waals surface area (Å²) < 4.78 is 9.51. The first-order valence-electron chi connectivity index (χ1n) is 8.77. The van der Waals surface area contributed by atoms with Crippen molar-refractivity contribution < 1.29 is 4.74 Å². The van der Waals surface area contributed by atoms with E-state index in [4.69, 9.17) is 4.74 Å². The van der Waals surface area contributed by atoms with Crippen LogP contribution in [-0.4, -0.2) is 43.6 Å². The minimum Gasteiger partial charge on any atom is -0.496 e. The SMILES string of the molecule is COc1ccc(CN(C)Cc2nncn2C(C)C)cc1Cn1cccn1. The van der Waals surface area contributed by atoms with E-state index in [1.165, 1.54) is 5.56 Å². The molecule has 0 bridgehead atoms. The van der Waals surface area contributed by atoms with Gasteiger partial charge in [0.15, 0.2) is 0 Å². The number of ether oxygens (including phenoxy) is 1. The van der Waals surface area contributed by atoms with Crippen molar-refractivity contribution in [2.24, 2.45) is 0 Å². The molecular weight excluding hydrogens is 328 g/mol. The number of methoxy groups -OCH3 is 1. The molecule has 7 nitrogen and oxygen atoms in total. The molecule has 3 aromatic rings. The van der Waals surface area contributed by atoms with Crippen LogP contribution in [0.25, 0.3) is 0 Å². The standard InChI is InChI=1S/C19H26N6O/c1-15(2)25-14-20-22-19(25)13-23(3)11-16-6-7-18(26-4)17(10-16)12-24-9-5-8-21-24/h5-10,14-15H,11-13H2,1-4H3. The van der Waals surface area contributed by atoms with Crippen molar-refractivity contribution in [2.75, 3.05) is 14.2 Å². The molecule has 7 heteroatoms. The molecule has 0 saturated carbocycles. The lowest BCUT2D eigenvalue weighted by atomic mass is 10.1. The molecule has 0 N–H and O–H groups in total. The first-order valence-corrected chi connectivity index (χ1v) is 8.77. The Balaban J connectivity index is 1.71. The summed E-state index contributed by atoms with van der Waals surface area (Å²) in [6.45, 7) is 6.53. The Morgan fingerprint density at radius 1 is 1.23 bits per heavy atom. The Kier molecular flexibility index (Phi) is 5.68. The molecule has 0 spiro atoms. The zero-order valence-corrected chi connectivity index (χ0v) is 15.8. The molecule has 0 saturated heterocycles. The normalized spacial score (nSPS) is 11.5. The monoisotopic (exact) mass is 354 g/mol. The van der Waals surface area contributed by atoms with Crippen LogP contribution in [0.4, 0.5) is 0 Å². The fraction of sp³-hybridized carbons (Fsp3) is 0.421. The molecule has 0 atom stereocenters. The summed E-state index contributed by atoms with van der Waals surface area (Å²) in [7, 11) is 3.79. The van der Waals surface area contributed by atoms with E-state index < -0.39 is 0 Å². The molecule has 1 aromatic carbocycles. The number of rotatable bonds is 8. The van der Waals surface area contributed by atoms with Crippen molar-refractivity contribution in [3.05, 3.63) is 59.9 Å². The molecular formula is C19H26N6O. The first-order chi connectivity index (χ1) is 12.6. The third-order valence-corrected chi connectivity index (χ3v) is 4.30. The van der Waals surface area contributed by atoms with Gasteiger partial charge in [-0.2, -0.15) is 5.10 Å². The quantitative estimate of drug-likeness (QED) is 0.622. The van der Waals surface area contributed by atoms with Crippen LogP contribution in [0.5, 0.6) is 5.75 Å². The van der Waals surface area contributed by atoms with E-state index in [1.807, 2.05) is 23.0 Å². The summed E-state index contributed by atoms with van der Waals surface area (Å²) in [5.41, 5.74) is 2.35. The molecule has 2 heterocycles. The highest BCUT2D eigenvalue weighted by Gasteiger charge is 2.12. The van der Waals surface area contributed by atoms with E-state index in [-0.39, 0.29) is 0 Å². The summed E-state index contributed by atoms with van der Waals surface area (Å²) >= 11 is 0. The molecule has 0 radical (unpaired) electrons. The average molecular weight is 354 g/mol. The van der Waals surface area contributed by atoms with Crippen LogP contribution < -0.4 is 4.74 Å². The van der Waals surface area contributed by atoms with Crippen molar-refractivity contribution in [1.82, 2.24) is 29.4 Å². The Labute approximate surface area is 154 Å². The Morgan fingerprint density at radius 3 is 2.77 bits per heavy atom. The number of benzene rings is 1. The second kappa shape index (κ2) is 8.14. The van der Waals surface area contributed by atoms with Crippen molar-refractivity contribution in [2.45, 2.75) is 39.5 Å². The summed E-state index contributed by atoms with van der Waals surface area (Å²) in [6.07, 6.45) is 5.54. The lowest BCUT2D eigenvalue weighted by Gasteiger charge is -2.19. The Hall–Kier alpha value is -2.67. The van der Waals surface area contributed by atoms with E-state index in [1.54, 1.807) is 19.6 Å². The van der Waals surface area contributed by atoms with Gasteiger partial charge in [0.05, 0.1) is 20.2 Å². The summed E-state index contributed by atoms with van der Waals surface area (Å²) in [5.74, 6) is 1.86. The van der Waals surface area contributed by atoms with Gasteiger partial charge in [0.1, 0.15) is 17.9 Å². The lowest BCUT2D eigenvalue weighted by Crippen LogP contribution is -2.21. The second-order valence-electron chi connectivity index (χ2n) is 6.77. The predicted octanol–water partition coefficient (Wildman–Crippen LogP) is 2.74. The third kappa shape index (κ3) is 4.29. The first kappa shape index (κ1) is 18.1. The van der Waals surface area contributed by atoms with Gasteiger partial charge < -0.3 is 9.30 Å². The van der Waals surface area contributed by atoms with Gasteiger partial charge in [-0.3, -0.25) is 9.58 Å². The molecule has 0 aliphatic heterocycles. The highest BCUT2D eigenvalue weighted by Crippen LogP contribution is 2.22. The van der Waals surface area contributed by atoms with Gasteiger partial charge in [-0.1, -0.05) is 6.07 Å². The second-order valence-corrected chi connectivity index (χ2v) is 6.77. The Bertz CT molecular complexity index is 824. The van der Waals surface area contributed by atoms with Crippen molar-refractivity contribution >= 4 is 0 Å². The zero-order chi connectivity index (χ0) is 18.5. The molecule has 0 aliphatic carbocycles. The van der Waals surface area contributed by atoms with Gasteiger partial charge in [0.2, 0.25) is 0 Å². The molecule has 0 unspecified atom stereocenters. The van der Waals surface area contributed by atoms with Crippen LogP contribution in [0.1, 0.15) is 36.8 Å². The summed E-state index contributed by atoms with van der Waals surface area (Å²) in [4.78, 5) is 2.24. The van der Waals surface area contributed by atoms with Crippen LogP contribution >= 0.6 is 0 Å². The van der Waals surface area contributed by atoms with Gasteiger partial charge in [-0.05, 0) is 44.7 Å². The zero-order valence-electron chi connectivity index (χ0n) is 15.8. The van der Waals surface area contributed by atoms with E-state index in [2.05, 4.69) is 57.8 Å². The molecule has 0 fully saturated rings. The van der Waals surface area contributed by atoms with Crippen LogP contribution in [0.15, 0.2) is 43.0 Å². The van der Waals surface area contributed by atoms with Gasteiger partial charge >= 0.3 is 0 Å². The number of hydrogen-bond acceptors (Lipinski definition) is 5. The van der Waals surface area contributed by atoms with E-state index in [0.717, 1.165) is 30.2 Å². The topological polar surface area (TPSA) is 61.0 Å². The maximum Gasteiger partial charge on any atom is 0.147 e. The molecule has 138 valence electrons. The molecule has 26 heavy (non-hydrogen) atoms. The van der Waals surface area contributed by atoms with E-state index >= 15 is 0 Å². The fourth-order valence-corrected chi connectivity index (χ4v) is 3.04. The van der Waals surface area contributed by atoms with Gasteiger partial charge in [0.25, 0.3) is 0 Å². The van der Waals surface area contributed by atoms with Crippen LogP contribution in [0, 0.1) is 0 Å². The summed E-state index contributed by atoms with van der Waals surface area (Å²) in [6, 6.07) is 8.60. The van der Waals surface area contributed by atoms with Crippen LogP contribution in [0.3, 0.4) is 0 Å². The molecule has 3 rings (SSSR count). The van der Waals surface area contributed by atoms with Crippen LogP contribution in [-0.2, 0) is 19.6 Å². The lowest BCUT2D eigenvalue weighted by molar-refractivity contribution is 0.301. The van der Waals surface area contributed by atoms with E-state index in [9.17, 15) is 0 Å².